The minimum atomic E-state index is -1.11. The van der Waals surface area contributed by atoms with E-state index in [1.165, 1.54) is 38.1 Å². The van der Waals surface area contributed by atoms with Crippen LogP contribution >= 0.6 is 0 Å². The molecule has 1 aromatic carbocycles. The number of carbonyl (C=O) groups excluding carboxylic acids is 4. The number of rotatable bonds is 8. The van der Waals surface area contributed by atoms with Crippen LogP contribution in [0.1, 0.15) is 25.0 Å². The Morgan fingerprint density at radius 3 is 1.58 bits per heavy atom. The van der Waals surface area contributed by atoms with Crippen LogP contribution in [0.15, 0.2) is 36.4 Å². The van der Waals surface area contributed by atoms with Gasteiger partial charge < -0.3 is 19.7 Å². The molecule has 0 radical (unpaired) electrons. The Morgan fingerprint density at radius 2 is 1.23 bits per heavy atom. The number of aliphatic hydroxyl groups excluding tert-OH is 2. The molecule has 0 fully saturated rings. The average molecular weight is 362 g/mol. The Kier molecular flexibility index (Phi) is 7.75. The second-order valence-electron chi connectivity index (χ2n) is 4.81. The second-order valence-corrected chi connectivity index (χ2v) is 4.81. The first kappa shape index (κ1) is 20.6. The lowest BCUT2D eigenvalue weighted by Crippen LogP contribution is -2.15. The topological polar surface area (TPSA) is 127 Å². The zero-order valence-electron chi connectivity index (χ0n) is 14.2. The molecule has 0 spiro atoms. The zero-order valence-corrected chi connectivity index (χ0v) is 14.2. The molecule has 0 heterocycles. The molecule has 0 aliphatic heterocycles. The van der Waals surface area contributed by atoms with E-state index in [9.17, 15) is 29.4 Å². The van der Waals surface area contributed by atoms with E-state index in [-0.39, 0.29) is 24.3 Å². The SMILES string of the molecule is CCOC(=O)C(=O)C=C(O)c1cccc(C(O)=CC(=O)C(=O)OCC)c1. The number of aliphatic hydroxyl groups is 2. The van der Waals surface area contributed by atoms with E-state index < -0.39 is 35.0 Å². The largest absolute Gasteiger partial charge is 0.507 e. The first-order valence-electron chi connectivity index (χ1n) is 7.64. The van der Waals surface area contributed by atoms with E-state index in [1.54, 1.807) is 0 Å². The molecule has 0 bridgehead atoms. The average Bonchev–Trinajstić information content (AvgIpc) is 2.61. The third-order valence-corrected chi connectivity index (χ3v) is 2.94. The van der Waals surface area contributed by atoms with Gasteiger partial charge in [-0.05, 0) is 19.9 Å². The lowest BCUT2D eigenvalue weighted by molar-refractivity contribution is -0.151. The summed E-state index contributed by atoms with van der Waals surface area (Å²) in [5, 5.41) is 19.9. The minimum absolute atomic E-state index is 0.0157. The van der Waals surface area contributed by atoms with Gasteiger partial charge in [0.1, 0.15) is 11.5 Å². The molecular formula is C18H18O8. The van der Waals surface area contributed by atoms with E-state index in [0.717, 1.165) is 0 Å². The quantitative estimate of drug-likeness (QED) is 0.310. The van der Waals surface area contributed by atoms with E-state index in [0.29, 0.717) is 12.2 Å². The molecule has 1 aromatic rings. The summed E-state index contributed by atoms with van der Waals surface area (Å²) in [5.41, 5.74) is 0.201. The van der Waals surface area contributed by atoms with Crippen molar-refractivity contribution in [1.29, 1.82) is 0 Å². The fourth-order valence-corrected chi connectivity index (χ4v) is 1.78. The summed E-state index contributed by atoms with van der Waals surface area (Å²) in [6.07, 6.45) is 1.36. The van der Waals surface area contributed by atoms with Crippen LogP contribution in [-0.4, -0.2) is 46.9 Å². The van der Waals surface area contributed by atoms with Crippen molar-refractivity contribution in [3.05, 3.63) is 47.5 Å². The van der Waals surface area contributed by atoms with Crippen molar-refractivity contribution in [1.82, 2.24) is 0 Å². The van der Waals surface area contributed by atoms with Crippen LogP contribution in [0.3, 0.4) is 0 Å². The number of hydrogen-bond donors (Lipinski definition) is 2. The third-order valence-electron chi connectivity index (χ3n) is 2.94. The van der Waals surface area contributed by atoms with Crippen LogP contribution < -0.4 is 0 Å². The zero-order chi connectivity index (χ0) is 19.7. The van der Waals surface area contributed by atoms with E-state index in [2.05, 4.69) is 9.47 Å². The fraction of sp³-hybridized carbons (Fsp3) is 0.222. The molecule has 26 heavy (non-hydrogen) atoms. The molecule has 0 aliphatic rings. The smallest absolute Gasteiger partial charge is 0.379 e. The molecule has 0 amide bonds. The maximum atomic E-state index is 11.5. The van der Waals surface area contributed by atoms with Crippen molar-refractivity contribution in [3.63, 3.8) is 0 Å². The van der Waals surface area contributed by atoms with Crippen LogP contribution in [0.4, 0.5) is 0 Å². The predicted octanol–water partition coefficient (Wildman–Crippen LogP) is 1.75. The lowest BCUT2D eigenvalue weighted by Gasteiger charge is -2.05. The van der Waals surface area contributed by atoms with Crippen molar-refractivity contribution in [2.45, 2.75) is 13.8 Å². The van der Waals surface area contributed by atoms with Crippen molar-refractivity contribution in [2.75, 3.05) is 13.2 Å². The highest BCUT2D eigenvalue weighted by atomic mass is 16.5. The highest BCUT2D eigenvalue weighted by molar-refractivity contribution is 6.39. The highest BCUT2D eigenvalue weighted by Crippen LogP contribution is 2.18. The molecule has 0 aliphatic carbocycles. The molecule has 0 saturated heterocycles. The molecule has 0 unspecified atom stereocenters. The number of benzene rings is 1. The van der Waals surface area contributed by atoms with Gasteiger partial charge in [-0.15, -0.1) is 0 Å². The first-order chi connectivity index (χ1) is 12.3. The van der Waals surface area contributed by atoms with Gasteiger partial charge in [0.15, 0.2) is 0 Å². The third kappa shape index (κ3) is 5.90. The summed E-state index contributed by atoms with van der Waals surface area (Å²) >= 11 is 0. The van der Waals surface area contributed by atoms with Gasteiger partial charge in [0.25, 0.3) is 11.6 Å². The number of ketones is 2. The maximum absolute atomic E-state index is 11.5. The number of ether oxygens (including phenoxy) is 2. The first-order valence-corrected chi connectivity index (χ1v) is 7.64. The van der Waals surface area contributed by atoms with Gasteiger partial charge in [-0.2, -0.15) is 0 Å². The van der Waals surface area contributed by atoms with Gasteiger partial charge in [0.2, 0.25) is 0 Å². The van der Waals surface area contributed by atoms with Gasteiger partial charge >= 0.3 is 11.9 Å². The van der Waals surface area contributed by atoms with Crippen LogP contribution in [0, 0.1) is 0 Å². The van der Waals surface area contributed by atoms with Gasteiger partial charge in [-0.1, -0.05) is 18.2 Å². The lowest BCUT2D eigenvalue weighted by atomic mass is 10.1. The molecule has 0 saturated carbocycles. The van der Waals surface area contributed by atoms with Gasteiger partial charge in [-0.3, -0.25) is 9.59 Å². The molecule has 0 aromatic heterocycles. The Labute approximate surface area is 149 Å². The van der Waals surface area contributed by atoms with E-state index in [1.807, 2.05) is 0 Å². The van der Waals surface area contributed by atoms with E-state index >= 15 is 0 Å². The van der Waals surface area contributed by atoms with Gasteiger partial charge in [0.05, 0.1) is 13.2 Å². The Hall–Kier alpha value is -3.42. The summed E-state index contributed by atoms with van der Waals surface area (Å²) in [4.78, 5) is 45.6. The maximum Gasteiger partial charge on any atom is 0.379 e. The van der Waals surface area contributed by atoms with Crippen LogP contribution in [-0.2, 0) is 28.7 Å². The van der Waals surface area contributed by atoms with Crippen molar-refractivity contribution >= 4 is 35.0 Å². The normalized spacial score (nSPS) is 11.6. The monoisotopic (exact) mass is 362 g/mol. The van der Waals surface area contributed by atoms with Gasteiger partial charge in [-0.25, -0.2) is 9.59 Å². The number of esters is 2. The Balaban J connectivity index is 3.03. The summed E-state index contributed by atoms with van der Waals surface area (Å²) < 4.78 is 9.03. The standard InChI is InChI=1S/C18H18O8/c1-3-25-17(23)15(21)9-13(19)11-6-5-7-12(8-11)14(20)10-16(22)18(24)26-4-2/h5-10,19-20H,3-4H2,1-2H3. The molecular weight excluding hydrogens is 344 g/mol. The molecule has 2 N–H and O–H groups in total. The molecule has 1 rings (SSSR count). The molecule has 0 atom stereocenters. The van der Waals surface area contributed by atoms with Crippen LogP contribution in [0.25, 0.3) is 11.5 Å². The second kappa shape index (κ2) is 9.77. The summed E-state index contributed by atoms with van der Waals surface area (Å²) in [7, 11) is 0. The van der Waals surface area contributed by atoms with Gasteiger partial charge in [0, 0.05) is 23.3 Å². The molecule has 138 valence electrons. The summed E-state index contributed by atoms with van der Waals surface area (Å²) in [6.45, 7) is 3.10. The number of carbonyl (C=O) groups is 4. The molecule has 8 nitrogen and oxygen atoms in total. The summed E-state index contributed by atoms with van der Waals surface area (Å²) in [6, 6.07) is 5.51. The highest BCUT2D eigenvalue weighted by Gasteiger charge is 2.16. The molecule has 8 heteroatoms. The van der Waals surface area contributed by atoms with Crippen LogP contribution in [0.5, 0.6) is 0 Å². The summed E-state index contributed by atoms with van der Waals surface area (Å²) in [5.74, 6) is -5.39. The van der Waals surface area contributed by atoms with Crippen LogP contribution in [0.2, 0.25) is 0 Å². The Morgan fingerprint density at radius 1 is 0.846 bits per heavy atom. The fourth-order valence-electron chi connectivity index (χ4n) is 1.78. The predicted molar refractivity (Wildman–Crippen MR) is 90.9 cm³/mol. The van der Waals surface area contributed by atoms with Crippen molar-refractivity contribution in [3.8, 4) is 0 Å². The van der Waals surface area contributed by atoms with Crippen molar-refractivity contribution < 1.29 is 38.9 Å². The van der Waals surface area contributed by atoms with E-state index in [4.69, 9.17) is 0 Å². The minimum Gasteiger partial charge on any atom is -0.507 e. The van der Waals surface area contributed by atoms with Crippen molar-refractivity contribution in [2.24, 2.45) is 0 Å². The number of hydrogen-bond acceptors (Lipinski definition) is 8. The Bertz CT molecular complexity index is 712.